The first-order valence-electron chi connectivity index (χ1n) is 6.02. The maximum atomic E-state index is 5.38. The summed E-state index contributed by atoms with van der Waals surface area (Å²) in [5.41, 5.74) is 0. The minimum Gasteiger partial charge on any atom is -0.353 e. The van der Waals surface area contributed by atoms with Gasteiger partial charge >= 0.3 is 0 Å². The van der Waals surface area contributed by atoms with Crippen LogP contribution < -0.4 is 0 Å². The van der Waals surface area contributed by atoms with Gasteiger partial charge in [-0.1, -0.05) is 68.6 Å². The van der Waals surface area contributed by atoms with Crippen molar-refractivity contribution >= 4 is 47.8 Å². The van der Waals surface area contributed by atoms with E-state index in [-0.39, 0.29) is 15.0 Å². The lowest BCUT2D eigenvalue weighted by atomic mass is 10.5. The summed E-state index contributed by atoms with van der Waals surface area (Å²) in [6.07, 6.45) is 6.14. The summed E-state index contributed by atoms with van der Waals surface area (Å²) in [7, 11) is 0. The molecule has 18 heavy (non-hydrogen) atoms. The molecule has 0 amide bonds. The van der Waals surface area contributed by atoms with E-state index < -0.39 is 0 Å². The van der Waals surface area contributed by atoms with Crippen LogP contribution in [0.4, 0.5) is 0 Å². The Morgan fingerprint density at radius 3 is 1.67 bits per heavy atom. The van der Waals surface area contributed by atoms with E-state index in [2.05, 4.69) is 66.5 Å². The van der Waals surface area contributed by atoms with Crippen LogP contribution in [0.15, 0.2) is 12.3 Å². The predicted octanol–water partition coefficient (Wildman–Crippen LogP) is 5.86. The molecule has 0 aromatic carbocycles. The van der Waals surface area contributed by atoms with Gasteiger partial charge in [0.25, 0.3) is 0 Å². The van der Waals surface area contributed by atoms with E-state index in [0.717, 1.165) is 19.3 Å². The molecule has 0 bridgehead atoms. The molecule has 0 saturated heterocycles. The molecule has 0 radical (unpaired) electrons. The third-order valence-electron chi connectivity index (χ3n) is 1.61. The zero-order valence-corrected chi connectivity index (χ0v) is 16.1. The molecule has 0 aliphatic rings. The highest BCUT2D eigenvalue weighted by Crippen LogP contribution is 2.15. The van der Waals surface area contributed by atoms with Gasteiger partial charge in [0.05, 0.1) is 0 Å². The third-order valence-corrected chi connectivity index (χ3v) is 4.14. The fourth-order valence-electron chi connectivity index (χ4n) is 0.569. The topological polar surface area (TPSA) is 27.7 Å². The molecule has 3 atom stereocenters. The molecule has 0 rings (SSSR count). The minimum absolute atomic E-state index is 0.00583. The van der Waals surface area contributed by atoms with Crippen LogP contribution in [0.3, 0.4) is 0 Å². The SMILES string of the molecule is C/C=C/OOC(Br)CC.CCC(Br)OC(Br)CC. The molecule has 0 fully saturated rings. The van der Waals surface area contributed by atoms with Gasteiger partial charge in [0.1, 0.15) is 16.3 Å². The largest absolute Gasteiger partial charge is 0.353 e. The highest BCUT2D eigenvalue weighted by atomic mass is 79.9. The van der Waals surface area contributed by atoms with Crippen LogP contribution in [-0.4, -0.2) is 15.0 Å². The Hall–Kier alpha value is 0.900. The van der Waals surface area contributed by atoms with Crippen molar-refractivity contribution < 1.29 is 14.5 Å². The van der Waals surface area contributed by atoms with Crippen molar-refractivity contribution in [2.24, 2.45) is 0 Å². The Balaban J connectivity index is 0. The number of allylic oxidation sites excluding steroid dienone is 1. The Bertz CT molecular complexity index is 183. The summed E-state index contributed by atoms with van der Waals surface area (Å²) >= 11 is 9.96. The monoisotopic (exact) mass is 452 g/mol. The van der Waals surface area contributed by atoms with E-state index >= 15 is 0 Å². The number of hydrogen-bond donors (Lipinski definition) is 0. The van der Waals surface area contributed by atoms with Gasteiger partial charge < -0.3 is 9.62 Å². The molecule has 3 nitrogen and oxygen atoms in total. The summed E-state index contributed by atoms with van der Waals surface area (Å²) in [4.78, 5) is 9.37. The van der Waals surface area contributed by atoms with Crippen molar-refractivity contribution in [1.29, 1.82) is 0 Å². The van der Waals surface area contributed by atoms with Crippen LogP contribution in [0.5, 0.6) is 0 Å². The number of ether oxygens (including phenoxy) is 1. The lowest BCUT2D eigenvalue weighted by molar-refractivity contribution is -0.257. The Morgan fingerprint density at radius 1 is 0.889 bits per heavy atom. The predicted molar refractivity (Wildman–Crippen MR) is 87.1 cm³/mol. The first-order valence-corrected chi connectivity index (χ1v) is 8.77. The number of rotatable bonds is 8. The first kappa shape index (κ1) is 21.2. The summed E-state index contributed by atoms with van der Waals surface area (Å²) < 4.78 is 5.38. The smallest absolute Gasteiger partial charge is 0.159 e. The molecule has 0 N–H and O–H groups in total. The molecule has 6 heteroatoms. The van der Waals surface area contributed by atoms with Gasteiger partial charge in [-0.3, -0.25) is 0 Å². The van der Waals surface area contributed by atoms with Gasteiger partial charge in [-0.25, -0.2) is 0 Å². The Kier molecular flexibility index (Phi) is 18.8. The van der Waals surface area contributed by atoms with Gasteiger partial charge in [-0.2, -0.15) is 4.89 Å². The molecule has 0 aromatic rings. The van der Waals surface area contributed by atoms with Gasteiger partial charge in [0.2, 0.25) is 0 Å². The fourth-order valence-corrected chi connectivity index (χ4v) is 1.47. The molecule has 0 aliphatic heterocycles. The van der Waals surface area contributed by atoms with Crippen molar-refractivity contribution in [1.82, 2.24) is 0 Å². The van der Waals surface area contributed by atoms with Crippen LogP contribution in [0.2, 0.25) is 0 Å². The second-order valence-electron chi connectivity index (χ2n) is 3.25. The molecule has 0 aliphatic carbocycles. The summed E-state index contributed by atoms with van der Waals surface area (Å²) in [6.45, 7) is 8.01. The molecule has 0 spiro atoms. The van der Waals surface area contributed by atoms with Crippen LogP contribution >= 0.6 is 47.8 Å². The Morgan fingerprint density at radius 2 is 1.33 bits per heavy atom. The zero-order chi connectivity index (χ0) is 14.4. The van der Waals surface area contributed by atoms with Crippen molar-refractivity contribution in [3.8, 4) is 0 Å². The lowest BCUT2D eigenvalue weighted by Crippen LogP contribution is -2.09. The second-order valence-corrected chi connectivity index (χ2v) is 6.32. The van der Waals surface area contributed by atoms with E-state index in [9.17, 15) is 0 Å². The average molecular weight is 455 g/mol. The summed E-state index contributed by atoms with van der Waals surface area (Å²) in [5, 5.41) is 0.386. The van der Waals surface area contributed by atoms with Crippen molar-refractivity contribution in [2.75, 3.05) is 0 Å². The molecule has 3 unspecified atom stereocenters. The van der Waals surface area contributed by atoms with Crippen LogP contribution in [0.1, 0.15) is 47.0 Å². The normalized spacial score (nSPS) is 15.7. The fraction of sp³-hybridized carbons (Fsp3) is 0.833. The van der Waals surface area contributed by atoms with E-state index in [0.29, 0.717) is 0 Å². The number of hydrogen-bond acceptors (Lipinski definition) is 3. The number of alkyl halides is 3. The van der Waals surface area contributed by atoms with E-state index in [1.165, 1.54) is 6.26 Å². The molecule has 110 valence electrons. The van der Waals surface area contributed by atoms with Crippen molar-refractivity contribution in [2.45, 2.75) is 62.0 Å². The van der Waals surface area contributed by atoms with Crippen molar-refractivity contribution in [3.63, 3.8) is 0 Å². The molecular weight excluding hydrogens is 432 g/mol. The maximum Gasteiger partial charge on any atom is 0.159 e. The first-order chi connectivity index (χ1) is 8.51. The maximum absolute atomic E-state index is 5.38. The molecule has 0 aromatic heterocycles. The van der Waals surface area contributed by atoms with Gasteiger partial charge in [0.15, 0.2) is 5.01 Å². The van der Waals surface area contributed by atoms with Gasteiger partial charge in [-0.05, 0) is 32.3 Å². The van der Waals surface area contributed by atoms with Gasteiger partial charge in [0, 0.05) is 0 Å². The quantitative estimate of drug-likeness (QED) is 0.199. The van der Waals surface area contributed by atoms with Gasteiger partial charge in [-0.15, -0.1) is 0 Å². The molecule has 0 saturated carbocycles. The second kappa shape index (κ2) is 16.0. The lowest BCUT2D eigenvalue weighted by Gasteiger charge is -2.12. The highest BCUT2D eigenvalue weighted by molar-refractivity contribution is 9.10. The zero-order valence-electron chi connectivity index (χ0n) is 11.4. The highest BCUT2D eigenvalue weighted by Gasteiger charge is 2.05. The van der Waals surface area contributed by atoms with Crippen molar-refractivity contribution in [3.05, 3.63) is 12.3 Å². The van der Waals surface area contributed by atoms with Crippen LogP contribution in [-0.2, 0) is 14.5 Å². The molecular formula is C12H23Br3O3. The minimum atomic E-state index is -0.00583. The van der Waals surface area contributed by atoms with Crippen LogP contribution in [0.25, 0.3) is 0 Å². The van der Waals surface area contributed by atoms with E-state index in [1.807, 2.05) is 13.8 Å². The Labute approximate surface area is 136 Å². The third kappa shape index (κ3) is 16.9. The van der Waals surface area contributed by atoms with Crippen LogP contribution in [0, 0.1) is 0 Å². The summed E-state index contributed by atoms with van der Waals surface area (Å²) in [6, 6.07) is 0. The average Bonchev–Trinajstić information content (AvgIpc) is 2.39. The van der Waals surface area contributed by atoms with E-state index in [1.54, 1.807) is 6.08 Å². The van der Waals surface area contributed by atoms with E-state index in [4.69, 9.17) is 9.62 Å². The summed E-state index contributed by atoms with van der Waals surface area (Å²) in [5.74, 6) is 0. The standard InChI is InChI=1S/C6H12Br2O.C6H11BrO2/c1-3-5(7)9-6(8)4-2;1-3-5-8-9-6(7)4-2/h5-6H,3-4H2,1-2H3;3,5-6H,4H2,1-2H3/b;5-3+. The number of halogens is 3. The molecule has 0 heterocycles.